The van der Waals surface area contributed by atoms with Gasteiger partial charge >= 0.3 is 0 Å². The molecule has 0 spiro atoms. The highest BCUT2D eigenvalue weighted by atomic mass is 32.2. The average molecular weight is 398 g/mol. The summed E-state index contributed by atoms with van der Waals surface area (Å²) in [6.07, 6.45) is 0.544. The molecule has 0 bridgehead atoms. The van der Waals surface area contributed by atoms with Gasteiger partial charge < -0.3 is 14.5 Å². The number of hydrogen-bond acceptors (Lipinski definition) is 5. The Hall–Kier alpha value is -2.00. The van der Waals surface area contributed by atoms with Gasteiger partial charge in [-0.2, -0.15) is 0 Å². The lowest BCUT2D eigenvalue weighted by atomic mass is 10.0. The van der Waals surface area contributed by atoms with Crippen LogP contribution in [-0.4, -0.2) is 80.4 Å². The average Bonchev–Trinajstić information content (AvgIpc) is 2.93. The molecule has 27 heavy (non-hydrogen) atoms. The second-order valence-corrected chi connectivity index (χ2v) is 9.10. The highest BCUT2D eigenvalue weighted by molar-refractivity contribution is 7.91. The Morgan fingerprint density at radius 1 is 1.15 bits per heavy atom. The van der Waals surface area contributed by atoms with Crippen molar-refractivity contribution in [3.05, 3.63) is 35.6 Å². The molecule has 2 atom stereocenters. The maximum absolute atomic E-state index is 13.3. The van der Waals surface area contributed by atoms with Gasteiger partial charge in [0.05, 0.1) is 23.6 Å². The number of nitrogens with zero attached hydrogens (tertiary/aromatic N) is 2. The van der Waals surface area contributed by atoms with Crippen molar-refractivity contribution < 1.29 is 27.1 Å². The van der Waals surface area contributed by atoms with Gasteiger partial charge in [0.15, 0.2) is 9.84 Å². The first-order valence-electron chi connectivity index (χ1n) is 8.83. The number of aryl methyl sites for hydroxylation is 1. The van der Waals surface area contributed by atoms with E-state index in [-0.39, 0.29) is 55.3 Å². The zero-order valence-electron chi connectivity index (χ0n) is 15.1. The molecule has 0 unspecified atom stereocenters. The van der Waals surface area contributed by atoms with Crippen molar-refractivity contribution in [1.82, 2.24) is 9.80 Å². The third kappa shape index (κ3) is 4.47. The molecular weight excluding hydrogens is 375 g/mol. The lowest BCUT2D eigenvalue weighted by Gasteiger charge is -2.43. The molecule has 148 valence electrons. The predicted octanol–water partition coefficient (Wildman–Crippen LogP) is 0.241. The number of halogens is 1. The Morgan fingerprint density at radius 3 is 2.37 bits per heavy atom. The summed E-state index contributed by atoms with van der Waals surface area (Å²) in [5.41, 5.74) is 0.716. The van der Waals surface area contributed by atoms with E-state index in [0.29, 0.717) is 12.0 Å². The SMILES string of the molecule is COCC(=O)N1CCN(C(=O)CCc2cccc(F)c2)[C@@H]2CS(=O)(=O)C[C@@H]21. The van der Waals surface area contributed by atoms with Crippen LogP contribution in [-0.2, 0) is 30.6 Å². The maximum Gasteiger partial charge on any atom is 0.248 e. The van der Waals surface area contributed by atoms with E-state index in [2.05, 4.69) is 0 Å². The topological polar surface area (TPSA) is 84.0 Å². The van der Waals surface area contributed by atoms with Crippen LogP contribution >= 0.6 is 0 Å². The summed E-state index contributed by atoms with van der Waals surface area (Å²) >= 11 is 0. The Morgan fingerprint density at radius 2 is 1.78 bits per heavy atom. The van der Waals surface area contributed by atoms with Crippen LogP contribution in [0.15, 0.2) is 24.3 Å². The van der Waals surface area contributed by atoms with Crippen molar-refractivity contribution in [2.45, 2.75) is 24.9 Å². The molecule has 0 aliphatic carbocycles. The molecule has 2 fully saturated rings. The normalized spacial score (nSPS) is 23.9. The van der Waals surface area contributed by atoms with Crippen LogP contribution in [0.1, 0.15) is 12.0 Å². The first kappa shape index (κ1) is 19.8. The van der Waals surface area contributed by atoms with Crippen molar-refractivity contribution in [2.75, 3.05) is 38.3 Å². The Bertz CT molecular complexity index is 829. The number of amides is 2. The fraction of sp³-hybridized carbons (Fsp3) is 0.556. The Kier molecular flexibility index (Phi) is 5.81. The minimum atomic E-state index is -3.33. The fourth-order valence-corrected chi connectivity index (χ4v) is 5.85. The van der Waals surface area contributed by atoms with E-state index in [1.807, 2.05) is 0 Å². The third-order valence-corrected chi connectivity index (χ3v) is 6.80. The number of piperazine rings is 1. The van der Waals surface area contributed by atoms with Crippen LogP contribution in [0.4, 0.5) is 4.39 Å². The standard InChI is InChI=1S/C18H23FN2O5S/c1-26-10-18(23)21-8-7-20(15-11-27(24,25)12-16(15)21)17(22)6-5-13-3-2-4-14(19)9-13/h2-4,9,15-16H,5-8,10-12H2,1H3/t15-,16+/m1/s1. The molecule has 0 saturated carbocycles. The van der Waals surface area contributed by atoms with Crippen LogP contribution in [0.25, 0.3) is 0 Å². The number of ether oxygens (including phenoxy) is 1. The van der Waals surface area contributed by atoms with Gasteiger partial charge in [-0.05, 0) is 24.1 Å². The Labute approximate surface area is 158 Å². The number of methoxy groups -OCH3 is 1. The molecule has 9 heteroatoms. The summed E-state index contributed by atoms with van der Waals surface area (Å²) in [5, 5.41) is 0. The number of rotatable bonds is 5. The quantitative estimate of drug-likeness (QED) is 0.710. The molecule has 2 aliphatic rings. The van der Waals surface area contributed by atoms with Crippen molar-refractivity contribution >= 4 is 21.7 Å². The smallest absolute Gasteiger partial charge is 0.248 e. The summed E-state index contributed by atoms with van der Waals surface area (Å²) in [7, 11) is -1.92. The van der Waals surface area contributed by atoms with Crippen molar-refractivity contribution in [2.24, 2.45) is 0 Å². The van der Waals surface area contributed by atoms with Gasteiger partial charge in [0.1, 0.15) is 12.4 Å². The predicted molar refractivity (Wildman–Crippen MR) is 96.3 cm³/mol. The molecule has 1 aromatic carbocycles. The van der Waals surface area contributed by atoms with E-state index < -0.39 is 21.9 Å². The van der Waals surface area contributed by atoms with Crippen molar-refractivity contribution in [3.8, 4) is 0 Å². The van der Waals surface area contributed by atoms with Gasteiger partial charge in [-0.15, -0.1) is 0 Å². The van der Waals surface area contributed by atoms with E-state index in [4.69, 9.17) is 4.74 Å². The molecule has 0 aromatic heterocycles. The summed E-state index contributed by atoms with van der Waals surface area (Å²) in [4.78, 5) is 28.1. The van der Waals surface area contributed by atoms with E-state index in [1.165, 1.54) is 24.1 Å². The molecule has 2 amide bonds. The first-order chi connectivity index (χ1) is 12.8. The highest BCUT2D eigenvalue weighted by Gasteiger charge is 2.49. The van der Waals surface area contributed by atoms with Crippen LogP contribution in [0, 0.1) is 5.82 Å². The number of sulfone groups is 1. The van der Waals surface area contributed by atoms with Gasteiger partial charge in [0, 0.05) is 26.6 Å². The third-order valence-electron chi connectivity index (χ3n) is 5.10. The van der Waals surface area contributed by atoms with Gasteiger partial charge in [-0.3, -0.25) is 9.59 Å². The zero-order chi connectivity index (χ0) is 19.6. The summed E-state index contributed by atoms with van der Waals surface area (Å²) in [6.45, 7) is 0.454. The molecule has 3 rings (SSSR count). The van der Waals surface area contributed by atoms with E-state index >= 15 is 0 Å². The molecule has 2 aliphatic heterocycles. The van der Waals surface area contributed by atoms with Crippen molar-refractivity contribution in [1.29, 1.82) is 0 Å². The molecule has 2 saturated heterocycles. The number of fused-ring (bicyclic) bond motifs is 1. The van der Waals surface area contributed by atoms with E-state index in [1.54, 1.807) is 17.0 Å². The second-order valence-electron chi connectivity index (χ2n) is 6.95. The van der Waals surface area contributed by atoms with Crippen molar-refractivity contribution in [3.63, 3.8) is 0 Å². The summed E-state index contributed by atoms with van der Waals surface area (Å²) in [6, 6.07) is 5.00. The summed E-state index contributed by atoms with van der Waals surface area (Å²) in [5.74, 6) is -1.07. The van der Waals surface area contributed by atoms with Crippen LogP contribution < -0.4 is 0 Å². The fourth-order valence-electron chi connectivity index (χ4n) is 3.87. The summed E-state index contributed by atoms with van der Waals surface area (Å²) < 4.78 is 42.5. The highest BCUT2D eigenvalue weighted by Crippen LogP contribution is 2.28. The van der Waals surface area contributed by atoms with Crippen LogP contribution in [0.5, 0.6) is 0 Å². The van der Waals surface area contributed by atoms with Crippen LogP contribution in [0.2, 0.25) is 0 Å². The molecule has 0 radical (unpaired) electrons. The molecule has 0 N–H and O–H groups in total. The second kappa shape index (κ2) is 7.93. The largest absolute Gasteiger partial charge is 0.375 e. The number of carbonyl (C=O) groups is 2. The van der Waals surface area contributed by atoms with E-state index in [9.17, 15) is 22.4 Å². The molecule has 2 heterocycles. The lowest BCUT2D eigenvalue weighted by Crippen LogP contribution is -2.62. The minimum absolute atomic E-state index is 0.114. The number of benzene rings is 1. The number of hydrogen-bond donors (Lipinski definition) is 0. The zero-order valence-corrected chi connectivity index (χ0v) is 16.0. The van der Waals surface area contributed by atoms with Gasteiger partial charge in [0.2, 0.25) is 11.8 Å². The van der Waals surface area contributed by atoms with Gasteiger partial charge in [-0.1, -0.05) is 12.1 Å². The minimum Gasteiger partial charge on any atom is -0.375 e. The first-order valence-corrected chi connectivity index (χ1v) is 10.7. The molecular formula is C18H23FN2O5S. The maximum atomic E-state index is 13.3. The number of carbonyl (C=O) groups excluding carboxylic acids is 2. The monoisotopic (exact) mass is 398 g/mol. The van der Waals surface area contributed by atoms with Gasteiger partial charge in [-0.25, -0.2) is 12.8 Å². The van der Waals surface area contributed by atoms with Gasteiger partial charge in [0.25, 0.3) is 0 Å². The molecule has 1 aromatic rings. The van der Waals surface area contributed by atoms with E-state index in [0.717, 1.165) is 0 Å². The Balaban J connectivity index is 1.71. The lowest BCUT2D eigenvalue weighted by molar-refractivity contribution is -0.147. The molecule has 7 nitrogen and oxygen atoms in total. The van der Waals surface area contributed by atoms with Crippen LogP contribution in [0.3, 0.4) is 0 Å².